The third kappa shape index (κ3) is 5.26. The summed E-state index contributed by atoms with van der Waals surface area (Å²) in [5, 5.41) is 6.06. The van der Waals surface area contributed by atoms with Crippen molar-refractivity contribution in [3.63, 3.8) is 0 Å². The first-order valence-electron chi connectivity index (χ1n) is 9.23. The number of carbonyl (C=O) groups excluding carboxylic acids is 2. The van der Waals surface area contributed by atoms with E-state index in [1.54, 1.807) is 60.7 Å². The van der Waals surface area contributed by atoms with E-state index in [2.05, 4.69) is 10.6 Å². The van der Waals surface area contributed by atoms with Crippen molar-refractivity contribution in [1.82, 2.24) is 0 Å². The predicted molar refractivity (Wildman–Crippen MR) is 120 cm³/mol. The molecule has 2 amide bonds. The zero-order chi connectivity index (χ0) is 22.4. The molecular formula is C23H21ClN2O5. The molecular weight excluding hydrogens is 420 g/mol. The lowest BCUT2D eigenvalue weighted by Crippen LogP contribution is -2.13. The van der Waals surface area contributed by atoms with Crippen molar-refractivity contribution in [3.05, 3.63) is 76.8 Å². The van der Waals surface area contributed by atoms with E-state index in [1.165, 1.54) is 21.3 Å². The quantitative estimate of drug-likeness (QED) is 0.547. The van der Waals surface area contributed by atoms with Crippen molar-refractivity contribution < 1.29 is 23.8 Å². The Morgan fingerprint density at radius 3 is 1.68 bits per heavy atom. The van der Waals surface area contributed by atoms with Gasteiger partial charge in [-0.3, -0.25) is 9.59 Å². The summed E-state index contributed by atoms with van der Waals surface area (Å²) in [5.74, 6) is 0.533. The summed E-state index contributed by atoms with van der Waals surface area (Å²) in [5.41, 5.74) is 1.93. The second-order valence-electron chi connectivity index (χ2n) is 6.41. The number of nitrogens with one attached hydrogen (secondary N) is 2. The van der Waals surface area contributed by atoms with Gasteiger partial charge in [-0.05, 0) is 54.6 Å². The normalized spacial score (nSPS) is 10.2. The molecule has 31 heavy (non-hydrogen) atoms. The van der Waals surface area contributed by atoms with Gasteiger partial charge in [0.2, 0.25) is 5.75 Å². The highest BCUT2D eigenvalue weighted by Gasteiger charge is 2.17. The van der Waals surface area contributed by atoms with E-state index in [-0.39, 0.29) is 11.8 Å². The predicted octanol–water partition coefficient (Wildman–Crippen LogP) is 4.87. The number of benzene rings is 3. The van der Waals surface area contributed by atoms with Gasteiger partial charge in [0.05, 0.1) is 21.3 Å². The van der Waals surface area contributed by atoms with E-state index in [0.717, 1.165) is 0 Å². The zero-order valence-electron chi connectivity index (χ0n) is 17.2. The molecule has 0 unspecified atom stereocenters. The Morgan fingerprint density at radius 1 is 0.710 bits per heavy atom. The Bertz CT molecular complexity index is 1070. The third-order valence-electron chi connectivity index (χ3n) is 4.41. The van der Waals surface area contributed by atoms with Crippen LogP contribution in [0.25, 0.3) is 0 Å². The van der Waals surface area contributed by atoms with E-state index in [4.69, 9.17) is 25.8 Å². The minimum Gasteiger partial charge on any atom is -0.493 e. The summed E-state index contributed by atoms with van der Waals surface area (Å²) in [6.45, 7) is 0. The Kier molecular flexibility index (Phi) is 6.99. The maximum Gasteiger partial charge on any atom is 0.255 e. The standard InChI is InChI=1S/C23H21ClN2O5/c1-29-19-12-15(13-20(30-2)21(19)31-3)23(28)26-18-9-7-17(8-10-18)25-22(27)14-5-4-6-16(24)11-14/h4-13H,1-3H3,(H,25,27)(H,26,28). The molecule has 3 aromatic carbocycles. The van der Waals surface area contributed by atoms with Crippen molar-refractivity contribution in [3.8, 4) is 17.2 Å². The topological polar surface area (TPSA) is 85.9 Å². The van der Waals surface area contributed by atoms with E-state index in [9.17, 15) is 9.59 Å². The van der Waals surface area contributed by atoms with Crippen LogP contribution in [0.3, 0.4) is 0 Å². The minimum atomic E-state index is -0.352. The van der Waals surface area contributed by atoms with Crippen LogP contribution in [0, 0.1) is 0 Å². The van der Waals surface area contributed by atoms with E-state index >= 15 is 0 Å². The number of anilines is 2. The first-order valence-corrected chi connectivity index (χ1v) is 9.61. The van der Waals surface area contributed by atoms with Crippen molar-refractivity contribution in [2.75, 3.05) is 32.0 Å². The number of hydrogen-bond donors (Lipinski definition) is 2. The molecule has 2 N–H and O–H groups in total. The van der Waals surface area contributed by atoms with Crippen LogP contribution in [0.1, 0.15) is 20.7 Å². The maximum atomic E-state index is 12.7. The number of rotatable bonds is 7. The molecule has 3 rings (SSSR count). The van der Waals surface area contributed by atoms with E-state index in [0.29, 0.717) is 44.8 Å². The first-order chi connectivity index (χ1) is 14.9. The van der Waals surface area contributed by atoms with Crippen molar-refractivity contribution >= 4 is 34.8 Å². The average Bonchev–Trinajstić information content (AvgIpc) is 2.79. The molecule has 0 aliphatic heterocycles. The number of amides is 2. The second kappa shape index (κ2) is 9.86. The summed E-state index contributed by atoms with van der Waals surface area (Å²) in [7, 11) is 4.46. The largest absolute Gasteiger partial charge is 0.493 e. The van der Waals surface area contributed by atoms with Crippen LogP contribution >= 0.6 is 11.6 Å². The summed E-state index contributed by atoms with van der Waals surface area (Å²) in [6, 6.07) is 16.5. The van der Waals surface area contributed by atoms with Gasteiger partial charge in [0.25, 0.3) is 11.8 Å². The van der Waals surface area contributed by atoms with Crippen LogP contribution in [-0.2, 0) is 0 Å². The first kappa shape index (κ1) is 22.0. The molecule has 0 aliphatic carbocycles. The maximum absolute atomic E-state index is 12.7. The van der Waals surface area contributed by atoms with Crippen LogP contribution in [0.5, 0.6) is 17.2 Å². The van der Waals surface area contributed by atoms with Crippen molar-refractivity contribution in [2.24, 2.45) is 0 Å². The summed E-state index contributed by atoms with van der Waals surface area (Å²) < 4.78 is 15.8. The highest BCUT2D eigenvalue weighted by molar-refractivity contribution is 6.31. The summed E-state index contributed by atoms with van der Waals surface area (Å²) in [6.07, 6.45) is 0. The number of ether oxygens (including phenoxy) is 3. The molecule has 7 nitrogen and oxygen atoms in total. The van der Waals surface area contributed by atoms with E-state index < -0.39 is 0 Å². The molecule has 0 aromatic heterocycles. The van der Waals surface area contributed by atoms with Crippen molar-refractivity contribution in [2.45, 2.75) is 0 Å². The van der Waals surface area contributed by atoms with Crippen molar-refractivity contribution in [1.29, 1.82) is 0 Å². The Morgan fingerprint density at radius 2 is 1.23 bits per heavy atom. The Labute approximate surface area is 184 Å². The molecule has 0 radical (unpaired) electrons. The van der Waals surface area contributed by atoms with Gasteiger partial charge < -0.3 is 24.8 Å². The lowest BCUT2D eigenvalue weighted by Gasteiger charge is -2.14. The van der Waals surface area contributed by atoms with Gasteiger partial charge in [-0.2, -0.15) is 0 Å². The smallest absolute Gasteiger partial charge is 0.255 e. The fourth-order valence-electron chi connectivity index (χ4n) is 2.89. The Balaban J connectivity index is 1.71. The van der Waals surface area contributed by atoms with Crippen LogP contribution in [0.4, 0.5) is 11.4 Å². The monoisotopic (exact) mass is 440 g/mol. The fraction of sp³-hybridized carbons (Fsp3) is 0.130. The van der Waals surface area contributed by atoms with Gasteiger partial charge in [0.15, 0.2) is 11.5 Å². The fourth-order valence-corrected chi connectivity index (χ4v) is 3.08. The van der Waals surface area contributed by atoms with Gasteiger partial charge >= 0.3 is 0 Å². The zero-order valence-corrected chi connectivity index (χ0v) is 17.9. The third-order valence-corrected chi connectivity index (χ3v) is 4.65. The van der Waals surface area contributed by atoms with Gasteiger partial charge in [-0.15, -0.1) is 0 Å². The van der Waals surface area contributed by atoms with Crippen LogP contribution in [0.15, 0.2) is 60.7 Å². The highest BCUT2D eigenvalue weighted by atomic mass is 35.5. The molecule has 0 saturated heterocycles. The molecule has 160 valence electrons. The second-order valence-corrected chi connectivity index (χ2v) is 6.85. The lowest BCUT2D eigenvalue weighted by atomic mass is 10.1. The lowest BCUT2D eigenvalue weighted by molar-refractivity contribution is 0.101. The molecule has 0 heterocycles. The van der Waals surface area contributed by atoms with Crippen LogP contribution in [0.2, 0.25) is 5.02 Å². The molecule has 0 bridgehead atoms. The Hall–Kier alpha value is -3.71. The van der Waals surface area contributed by atoms with Gasteiger partial charge in [0.1, 0.15) is 0 Å². The summed E-state index contributed by atoms with van der Waals surface area (Å²) >= 11 is 5.92. The molecule has 0 spiro atoms. The van der Waals surface area contributed by atoms with Gasteiger partial charge in [-0.1, -0.05) is 17.7 Å². The minimum absolute atomic E-state index is 0.281. The van der Waals surface area contributed by atoms with Gasteiger partial charge in [0, 0.05) is 27.5 Å². The van der Waals surface area contributed by atoms with Crippen LogP contribution in [-0.4, -0.2) is 33.1 Å². The molecule has 0 saturated carbocycles. The number of hydrogen-bond acceptors (Lipinski definition) is 5. The number of halogens is 1. The van der Waals surface area contributed by atoms with Crippen LogP contribution < -0.4 is 24.8 Å². The highest BCUT2D eigenvalue weighted by Crippen LogP contribution is 2.38. The SMILES string of the molecule is COc1cc(C(=O)Nc2ccc(NC(=O)c3cccc(Cl)c3)cc2)cc(OC)c1OC. The molecule has 0 atom stereocenters. The molecule has 0 aliphatic rings. The van der Waals surface area contributed by atoms with E-state index in [1.807, 2.05) is 0 Å². The average molecular weight is 441 g/mol. The summed E-state index contributed by atoms with van der Waals surface area (Å²) in [4.78, 5) is 25.0. The number of carbonyl (C=O) groups is 2. The van der Waals surface area contributed by atoms with Gasteiger partial charge in [-0.25, -0.2) is 0 Å². The molecule has 0 fully saturated rings. The molecule has 3 aromatic rings. The number of methoxy groups -OCH3 is 3. The molecule has 8 heteroatoms.